The van der Waals surface area contributed by atoms with E-state index in [4.69, 9.17) is 23.2 Å². The molecule has 0 amide bonds. The maximum absolute atomic E-state index is 10.8. The van der Waals surface area contributed by atoms with Crippen molar-refractivity contribution >= 4 is 28.9 Å². The molecule has 1 atom stereocenters. The highest BCUT2D eigenvalue weighted by molar-refractivity contribution is 6.35. The van der Waals surface area contributed by atoms with Crippen LogP contribution < -0.4 is 5.32 Å². The Hall–Kier alpha value is -1.78. The summed E-state index contributed by atoms with van der Waals surface area (Å²) in [6, 6.07) is 13.7. The molecule has 0 aliphatic heterocycles. The molecule has 104 valence electrons. The molecule has 20 heavy (non-hydrogen) atoms. The minimum Gasteiger partial charge on any atom is -0.372 e. The normalized spacial score (nSPS) is 11.9. The van der Waals surface area contributed by atoms with Gasteiger partial charge in [-0.2, -0.15) is 0 Å². The molecule has 0 spiro atoms. The molecule has 1 unspecified atom stereocenters. The van der Waals surface area contributed by atoms with Crippen molar-refractivity contribution in [2.45, 2.75) is 6.04 Å². The van der Waals surface area contributed by atoms with Gasteiger partial charge in [-0.3, -0.25) is 10.1 Å². The topological polar surface area (TPSA) is 55.2 Å². The van der Waals surface area contributed by atoms with Gasteiger partial charge >= 0.3 is 0 Å². The highest BCUT2D eigenvalue weighted by Gasteiger charge is 2.20. The smallest absolute Gasteiger partial charge is 0.227 e. The van der Waals surface area contributed by atoms with Crippen molar-refractivity contribution in [1.29, 1.82) is 0 Å². The summed E-state index contributed by atoms with van der Waals surface area (Å²) >= 11 is 12.0. The van der Waals surface area contributed by atoms with E-state index in [9.17, 15) is 10.1 Å². The lowest BCUT2D eigenvalue weighted by molar-refractivity contribution is -0.482. The monoisotopic (exact) mass is 310 g/mol. The molecule has 6 heteroatoms. The summed E-state index contributed by atoms with van der Waals surface area (Å²) in [5.74, 6) is 0. The van der Waals surface area contributed by atoms with Gasteiger partial charge in [0.25, 0.3) is 0 Å². The predicted molar refractivity (Wildman–Crippen MR) is 81.1 cm³/mol. The second-order valence-electron chi connectivity index (χ2n) is 4.24. The SMILES string of the molecule is O=[N+]([O-])CC(Nc1ccccc1)c1ccc(Cl)cc1Cl. The largest absolute Gasteiger partial charge is 0.372 e. The first-order valence-corrected chi connectivity index (χ1v) is 6.70. The Balaban J connectivity index is 2.29. The number of nitrogens with one attached hydrogen (secondary N) is 1. The van der Waals surface area contributed by atoms with Gasteiger partial charge in [-0.15, -0.1) is 0 Å². The molecular formula is C14H12Cl2N2O2. The van der Waals surface area contributed by atoms with Crippen molar-refractivity contribution in [2.24, 2.45) is 0 Å². The summed E-state index contributed by atoms with van der Waals surface area (Å²) in [4.78, 5) is 10.5. The minimum atomic E-state index is -0.517. The van der Waals surface area contributed by atoms with Gasteiger partial charge in [0.2, 0.25) is 6.54 Å². The first kappa shape index (κ1) is 14.6. The Labute approximate surface area is 126 Å². The van der Waals surface area contributed by atoms with Crippen molar-refractivity contribution in [3.05, 3.63) is 74.3 Å². The molecule has 0 aliphatic rings. The second-order valence-corrected chi connectivity index (χ2v) is 5.09. The van der Waals surface area contributed by atoms with Crippen LogP contribution in [0.2, 0.25) is 10.0 Å². The van der Waals surface area contributed by atoms with E-state index in [2.05, 4.69) is 5.32 Å². The Morgan fingerprint density at radius 1 is 1.15 bits per heavy atom. The molecule has 0 heterocycles. The fourth-order valence-corrected chi connectivity index (χ4v) is 2.43. The number of hydrogen-bond donors (Lipinski definition) is 1. The summed E-state index contributed by atoms with van der Waals surface area (Å²) in [6.45, 7) is -0.268. The van der Waals surface area contributed by atoms with Crippen LogP contribution in [0.15, 0.2) is 48.5 Å². The lowest BCUT2D eigenvalue weighted by atomic mass is 10.1. The van der Waals surface area contributed by atoms with Crippen LogP contribution in [0.1, 0.15) is 11.6 Å². The van der Waals surface area contributed by atoms with E-state index >= 15 is 0 Å². The average Bonchev–Trinajstić information content (AvgIpc) is 2.38. The number of nitrogens with zero attached hydrogens (tertiary/aromatic N) is 1. The Bertz CT molecular complexity index is 605. The average molecular weight is 311 g/mol. The van der Waals surface area contributed by atoms with Crippen LogP contribution in [0, 0.1) is 10.1 Å². The van der Waals surface area contributed by atoms with Gasteiger partial charge in [0.15, 0.2) is 0 Å². The third kappa shape index (κ3) is 3.85. The Morgan fingerprint density at radius 3 is 2.45 bits per heavy atom. The zero-order valence-electron chi connectivity index (χ0n) is 10.4. The van der Waals surface area contributed by atoms with E-state index in [-0.39, 0.29) is 11.5 Å². The summed E-state index contributed by atoms with van der Waals surface area (Å²) in [6.07, 6.45) is 0. The fraction of sp³-hybridized carbons (Fsp3) is 0.143. The molecule has 0 aliphatic carbocycles. The molecule has 2 rings (SSSR count). The summed E-state index contributed by atoms with van der Waals surface area (Å²) in [7, 11) is 0. The molecule has 0 fully saturated rings. The quantitative estimate of drug-likeness (QED) is 0.657. The number of para-hydroxylation sites is 1. The number of rotatable bonds is 5. The molecular weight excluding hydrogens is 299 g/mol. The number of nitro groups is 1. The van der Waals surface area contributed by atoms with Crippen molar-refractivity contribution in [2.75, 3.05) is 11.9 Å². The first-order valence-electron chi connectivity index (χ1n) is 5.94. The van der Waals surface area contributed by atoms with Gasteiger partial charge in [0.1, 0.15) is 6.04 Å². The van der Waals surface area contributed by atoms with Gasteiger partial charge in [-0.1, -0.05) is 47.5 Å². The molecule has 2 aromatic rings. The van der Waals surface area contributed by atoms with Crippen LogP contribution in [0.3, 0.4) is 0 Å². The highest BCUT2D eigenvalue weighted by Crippen LogP contribution is 2.28. The van der Waals surface area contributed by atoms with Gasteiger partial charge < -0.3 is 5.32 Å². The van der Waals surface area contributed by atoms with E-state index in [0.717, 1.165) is 5.69 Å². The number of hydrogen-bond acceptors (Lipinski definition) is 3. The van der Waals surface area contributed by atoms with Crippen LogP contribution in [0.4, 0.5) is 5.69 Å². The fourth-order valence-electron chi connectivity index (χ4n) is 1.89. The van der Waals surface area contributed by atoms with Crippen molar-refractivity contribution in [3.8, 4) is 0 Å². The van der Waals surface area contributed by atoms with Gasteiger partial charge in [-0.05, 0) is 29.8 Å². The molecule has 0 bridgehead atoms. The summed E-state index contributed by atoms with van der Waals surface area (Å²) in [5, 5.41) is 14.9. The minimum absolute atomic E-state index is 0.268. The zero-order chi connectivity index (χ0) is 14.5. The standard InChI is InChI=1S/C14H12Cl2N2O2/c15-10-6-7-12(13(16)8-10)14(9-18(19)20)17-11-4-2-1-3-5-11/h1-8,14,17H,9H2. The van der Waals surface area contributed by atoms with E-state index in [1.165, 1.54) is 0 Å². The third-order valence-corrected chi connectivity index (χ3v) is 3.35. The Morgan fingerprint density at radius 2 is 1.85 bits per heavy atom. The maximum Gasteiger partial charge on any atom is 0.227 e. The van der Waals surface area contributed by atoms with E-state index in [1.807, 2.05) is 30.3 Å². The van der Waals surface area contributed by atoms with Gasteiger partial charge in [-0.25, -0.2) is 0 Å². The van der Waals surface area contributed by atoms with Crippen LogP contribution >= 0.6 is 23.2 Å². The molecule has 4 nitrogen and oxygen atoms in total. The summed E-state index contributed by atoms with van der Waals surface area (Å²) < 4.78 is 0. The van der Waals surface area contributed by atoms with Gasteiger partial charge in [0, 0.05) is 20.7 Å². The Kier molecular flexibility index (Phi) is 4.82. The van der Waals surface area contributed by atoms with E-state index in [1.54, 1.807) is 18.2 Å². The maximum atomic E-state index is 10.8. The van der Waals surface area contributed by atoms with E-state index in [0.29, 0.717) is 15.6 Å². The lowest BCUT2D eigenvalue weighted by Gasteiger charge is -2.18. The second kappa shape index (κ2) is 6.59. The van der Waals surface area contributed by atoms with Crippen molar-refractivity contribution in [3.63, 3.8) is 0 Å². The molecule has 0 radical (unpaired) electrons. The first-order chi connectivity index (χ1) is 9.56. The predicted octanol–water partition coefficient (Wildman–Crippen LogP) is 4.42. The van der Waals surface area contributed by atoms with Crippen LogP contribution in [0.25, 0.3) is 0 Å². The van der Waals surface area contributed by atoms with Gasteiger partial charge in [0.05, 0.1) is 0 Å². The highest BCUT2D eigenvalue weighted by atomic mass is 35.5. The van der Waals surface area contributed by atoms with E-state index < -0.39 is 6.04 Å². The van der Waals surface area contributed by atoms with Crippen LogP contribution in [-0.4, -0.2) is 11.5 Å². The summed E-state index contributed by atoms with van der Waals surface area (Å²) in [5.41, 5.74) is 1.45. The molecule has 0 aromatic heterocycles. The molecule has 0 saturated heterocycles. The van der Waals surface area contributed by atoms with Crippen molar-refractivity contribution in [1.82, 2.24) is 0 Å². The number of halogens is 2. The van der Waals surface area contributed by atoms with Crippen LogP contribution in [0.5, 0.6) is 0 Å². The molecule has 0 saturated carbocycles. The molecule has 1 N–H and O–H groups in total. The van der Waals surface area contributed by atoms with Crippen molar-refractivity contribution < 1.29 is 4.92 Å². The third-order valence-electron chi connectivity index (χ3n) is 2.78. The number of anilines is 1. The number of benzene rings is 2. The van der Waals surface area contributed by atoms with Crippen LogP contribution in [-0.2, 0) is 0 Å². The lowest BCUT2D eigenvalue weighted by Crippen LogP contribution is -2.20. The zero-order valence-corrected chi connectivity index (χ0v) is 11.9. The molecule has 2 aromatic carbocycles.